The third kappa shape index (κ3) is 1.36. The fraction of sp³-hybridized carbons (Fsp3) is 0.222. The Bertz CT molecular complexity index is 337. The fourth-order valence-corrected chi connectivity index (χ4v) is 1.39. The summed E-state index contributed by atoms with van der Waals surface area (Å²) in [5.41, 5.74) is 3.32. The second kappa shape index (κ2) is 3.06. The minimum absolute atomic E-state index is 0.312. The second-order valence-electron chi connectivity index (χ2n) is 2.88. The number of aliphatic carboxylic acids is 1. The fourth-order valence-electron chi connectivity index (χ4n) is 1.39. The number of carboxylic acids is 1. The summed E-state index contributed by atoms with van der Waals surface area (Å²) < 4.78 is 0. The van der Waals surface area contributed by atoms with Crippen LogP contribution in [0.3, 0.4) is 0 Å². The van der Waals surface area contributed by atoms with Crippen molar-refractivity contribution in [1.82, 2.24) is 5.48 Å². The van der Waals surface area contributed by atoms with E-state index in [4.69, 9.17) is 9.94 Å². The Kier molecular flexibility index (Phi) is 1.90. The van der Waals surface area contributed by atoms with Gasteiger partial charge < -0.3 is 9.94 Å². The summed E-state index contributed by atoms with van der Waals surface area (Å²) in [6.07, 6.45) is 0. The summed E-state index contributed by atoms with van der Waals surface area (Å²) in [6, 6.07) is 7.14. The van der Waals surface area contributed by atoms with Crippen LogP contribution in [0.25, 0.3) is 0 Å². The number of nitrogens with one attached hydrogen (secondary N) is 1. The van der Waals surface area contributed by atoms with Crippen molar-refractivity contribution >= 4 is 5.97 Å². The molecule has 1 atom stereocenters. The van der Waals surface area contributed by atoms with Crippen LogP contribution in [0, 0.1) is 0 Å². The Balaban J connectivity index is 2.42. The lowest BCUT2D eigenvalue weighted by Gasteiger charge is -2.22. The predicted molar refractivity (Wildman–Crippen MR) is 45.4 cm³/mol. The quantitative estimate of drug-likeness (QED) is 0.668. The molecule has 4 nitrogen and oxygen atoms in total. The number of carboxylic acid groups (broad SMARTS) is 1. The molecule has 68 valence electrons. The average Bonchev–Trinajstić information content (AvgIpc) is 2.17. The maximum Gasteiger partial charge on any atom is 0.312 e. The second-order valence-corrected chi connectivity index (χ2v) is 2.88. The number of carbonyl (C=O) groups is 1. The summed E-state index contributed by atoms with van der Waals surface area (Å²) in [7, 11) is 0. The van der Waals surface area contributed by atoms with Crippen LogP contribution >= 0.6 is 0 Å². The van der Waals surface area contributed by atoms with Crippen molar-refractivity contribution in [1.29, 1.82) is 0 Å². The number of benzene rings is 1. The van der Waals surface area contributed by atoms with Crippen molar-refractivity contribution in [3.05, 3.63) is 29.8 Å². The SMILES string of the molecule is O=C(O)C1CNOc2ccccc21. The first-order valence-electron chi connectivity index (χ1n) is 4.00. The molecular formula is C9H9NO3. The molecule has 0 aliphatic carbocycles. The van der Waals surface area contributed by atoms with Crippen LogP contribution in [0.1, 0.15) is 11.5 Å². The first kappa shape index (κ1) is 8.07. The molecule has 0 aromatic heterocycles. The van der Waals surface area contributed by atoms with Gasteiger partial charge in [-0.1, -0.05) is 18.2 Å². The minimum Gasteiger partial charge on any atom is -0.481 e. The maximum atomic E-state index is 10.8. The highest BCUT2D eigenvalue weighted by Gasteiger charge is 2.26. The van der Waals surface area contributed by atoms with Gasteiger partial charge in [-0.3, -0.25) is 4.79 Å². The molecule has 13 heavy (non-hydrogen) atoms. The van der Waals surface area contributed by atoms with Gasteiger partial charge in [0.05, 0.1) is 0 Å². The number of hydrogen-bond donors (Lipinski definition) is 2. The predicted octanol–water partition coefficient (Wildman–Crippen LogP) is 0.752. The van der Waals surface area contributed by atoms with Gasteiger partial charge in [0.1, 0.15) is 5.92 Å². The number of rotatable bonds is 1. The third-order valence-corrected chi connectivity index (χ3v) is 2.06. The largest absolute Gasteiger partial charge is 0.481 e. The zero-order valence-electron chi connectivity index (χ0n) is 6.86. The molecule has 2 N–H and O–H groups in total. The molecule has 0 fully saturated rings. The molecule has 0 radical (unpaired) electrons. The smallest absolute Gasteiger partial charge is 0.312 e. The average molecular weight is 179 g/mol. The van der Waals surface area contributed by atoms with E-state index >= 15 is 0 Å². The molecule has 1 aromatic carbocycles. The van der Waals surface area contributed by atoms with Crippen LogP contribution in [-0.2, 0) is 4.79 Å². The summed E-state index contributed by atoms with van der Waals surface area (Å²) in [6.45, 7) is 0.312. The molecule has 2 rings (SSSR count). The summed E-state index contributed by atoms with van der Waals surface area (Å²) in [5, 5.41) is 8.89. The molecule has 0 saturated heterocycles. The minimum atomic E-state index is -0.830. The van der Waals surface area contributed by atoms with Crippen LogP contribution in [0.2, 0.25) is 0 Å². The normalized spacial score (nSPS) is 20.2. The summed E-state index contributed by atoms with van der Waals surface area (Å²) in [5.74, 6) is -0.741. The Labute approximate surface area is 75.1 Å². The van der Waals surface area contributed by atoms with Crippen molar-refractivity contribution in [3.63, 3.8) is 0 Å². The standard InChI is InChI=1S/C9H9NO3/c11-9(12)7-5-10-13-8-4-2-1-3-6(7)8/h1-4,7,10H,5H2,(H,11,12). The molecule has 1 aliphatic rings. The molecule has 0 bridgehead atoms. The molecule has 1 heterocycles. The molecule has 4 heteroatoms. The van der Waals surface area contributed by atoms with E-state index in [-0.39, 0.29) is 0 Å². The van der Waals surface area contributed by atoms with Gasteiger partial charge in [-0.25, -0.2) is 0 Å². The van der Waals surface area contributed by atoms with E-state index in [2.05, 4.69) is 5.48 Å². The van der Waals surface area contributed by atoms with E-state index in [9.17, 15) is 4.79 Å². The van der Waals surface area contributed by atoms with E-state index < -0.39 is 11.9 Å². The zero-order chi connectivity index (χ0) is 9.26. The molecule has 0 amide bonds. The maximum absolute atomic E-state index is 10.8. The van der Waals surface area contributed by atoms with Crippen molar-refractivity contribution in [2.24, 2.45) is 0 Å². The Morgan fingerprint density at radius 3 is 3.08 bits per heavy atom. The van der Waals surface area contributed by atoms with E-state index in [1.165, 1.54) is 0 Å². The van der Waals surface area contributed by atoms with E-state index in [0.29, 0.717) is 12.3 Å². The number of hydroxylamine groups is 1. The van der Waals surface area contributed by atoms with Crippen LogP contribution in [0.4, 0.5) is 0 Å². The van der Waals surface area contributed by atoms with E-state index in [0.717, 1.165) is 5.56 Å². The topological polar surface area (TPSA) is 58.6 Å². The van der Waals surface area contributed by atoms with Crippen LogP contribution in [0.15, 0.2) is 24.3 Å². The monoisotopic (exact) mass is 179 g/mol. The van der Waals surface area contributed by atoms with Gasteiger partial charge in [-0.15, -0.1) is 0 Å². The molecule has 0 saturated carbocycles. The molecule has 0 spiro atoms. The van der Waals surface area contributed by atoms with Gasteiger partial charge in [0.25, 0.3) is 0 Å². The van der Waals surface area contributed by atoms with Crippen molar-refractivity contribution in [3.8, 4) is 5.75 Å². The Hall–Kier alpha value is -1.55. The van der Waals surface area contributed by atoms with Gasteiger partial charge in [0.15, 0.2) is 5.75 Å². The molecule has 1 unspecified atom stereocenters. The molecule has 1 aliphatic heterocycles. The zero-order valence-corrected chi connectivity index (χ0v) is 6.86. The Morgan fingerprint density at radius 1 is 1.54 bits per heavy atom. The lowest BCUT2D eigenvalue weighted by Crippen LogP contribution is -2.34. The van der Waals surface area contributed by atoms with Crippen LogP contribution in [-0.4, -0.2) is 17.6 Å². The van der Waals surface area contributed by atoms with Gasteiger partial charge in [0.2, 0.25) is 0 Å². The van der Waals surface area contributed by atoms with Crippen molar-refractivity contribution < 1.29 is 14.7 Å². The number of fused-ring (bicyclic) bond motifs is 1. The summed E-state index contributed by atoms with van der Waals surface area (Å²) >= 11 is 0. The highest BCUT2D eigenvalue weighted by atomic mass is 16.6. The van der Waals surface area contributed by atoms with Gasteiger partial charge in [-0.2, -0.15) is 5.48 Å². The first-order chi connectivity index (χ1) is 6.29. The molecular weight excluding hydrogens is 170 g/mol. The van der Waals surface area contributed by atoms with Gasteiger partial charge >= 0.3 is 5.97 Å². The summed E-state index contributed by atoms with van der Waals surface area (Å²) in [4.78, 5) is 15.9. The number of para-hydroxylation sites is 1. The van der Waals surface area contributed by atoms with E-state index in [1.54, 1.807) is 12.1 Å². The van der Waals surface area contributed by atoms with Crippen molar-refractivity contribution in [2.45, 2.75) is 5.92 Å². The first-order valence-corrected chi connectivity index (χ1v) is 4.00. The Morgan fingerprint density at radius 2 is 2.31 bits per heavy atom. The van der Waals surface area contributed by atoms with Crippen LogP contribution < -0.4 is 10.3 Å². The van der Waals surface area contributed by atoms with Gasteiger partial charge in [-0.05, 0) is 6.07 Å². The lowest BCUT2D eigenvalue weighted by molar-refractivity contribution is -0.139. The van der Waals surface area contributed by atoms with E-state index in [1.807, 2.05) is 12.1 Å². The lowest BCUT2D eigenvalue weighted by atomic mass is 9.98. The van der Waals surface area contributed by atoms with Gasteiger partial charge in [0, 0.05) is 12.1 Å². The highest BCUT2D eigenvalue weighted by molar-refractivity contribution is 5.77. The molecule has 1 aromatic rings. The third-order valence-electron chi connectivity index (χ3n) is 2.06. The van der Waals surface area contributed by atoms with Crippen molar-refractivity contribution in [2.75, 3.05) is 6.54 Å². The highest BCUT2D eigenvalue weighted by Crippen LogP contribution is 2.28. The number of hydrogen-bond acceptors (Lipinski definition) is 3. The van der Waals surface area contributed by atoms with Crippen LogP contribution in [0.5, 0.6) is 5.75 Å².